The molecule has 7 rings (SSSR count). The Hall–Kier alpha value is -2.04. The van der Waals surface area contributed by atoms with Crippen molar-refractivity contribution in [1.29, 1.82) is 0 Å². The molecule has 46 heavy (non-hydrogen) atoms. The summed E-state index contributed by atoms with van der Waals surface area (Å²) in [6.45, 7) is 3.84. The Labute approximate surface area is 273 Å². The van der Waals surface area contributed by atoms with E-state index in [9.17, 15) is 14.4 Å². The molecule has 0 spiro atoms. The average Bonchev–Trinajstić information content (AvgIpc) is 3.47. The number of alkyl halides is 1. The van der Waals surface area contributed by atoms with Gasteiger partial charge in [-0.25, -0.2) is 4.39 Å². The van der Waals surface area contributed by atoms with E-state index in [1.54, 1.807) is 0 Å². The molecule has 3 heterocycles. The molecule has 6 fully saturated rings. The number of esters is 1. The SMILES string of the molecule is CCOC(=O)C1CCC(NC2C(F)CC3C(=O)C(C(=O)NCCC4CCCN4C)=CN4C5CC6CCCCC6CC5OC2C34)CC1. The molecule has 2 N–H and O–H groups in total. The van der Waals surface area contributed by atoms with E-state index in [0.29, 0.717) is 31.0 Å². The van der Waals surface area contributed by atoms with E-state index in [-0.39, 0.29) is 59.8 Å². The summed E-state index contributed by atoms with van der Waals surface area (Å²) >= 11 is 0. The standard InChI is InChI=1S/C36H55FN4O5/c1-3-45-36(44)21-10-12-24(13-11-21)39-31-28(37)19-26-32-34(31)46-30-18-23-8-5-4-7-22(23)17-29(30)41(32)20-27(33(26)42)35(43)38-15-14-25-9-6-16-40(25)2/h20-26,28-32,34,39H,3-19H2,1-2H3,(H,38,43). The molecule has 2 saturated heterocycles. The van der Waals surface area contributed by atoms with Crippen LogP contribution in [0.5, 0.6) is 0 Å². The van der Waals surface area contributed by atoms with Gasteiger partial charge in [0, 0.05) is 30.7 Å². The van der Waals surface area contributed by atoms with Gasteiger partial charge >= 0.3 is 5.97 Å². The van der Waals surface area contributed by atoms with Crippen LogP contribution in [0.2, 0.25) is 0 Å². The van der Waals surface area contributed by atoms with Crippen molar-refractivity contribution in [3.63, 3.8) is 0 Å². The Bertz CT molecular complexity index is 1180. The van der Waals surface area contributed by atoms with Crippen LogP contribution in [-0.4, -0.2) is 103 Å². The third-order valence-corrected chi connectivity index (χ3v) is 12.9. The predicted molar refractivity (Wildman–Crippen MR) is 171 cm³/mol. The third kappa shape index (κ3) is 6.27. The number of rotatable bonds is 8. The number of carbonyl (C=O) groups excluding carboxylic acids is 3. The summed E-state index contributed by atoms with van der Waals surface area (Å²) in [4.78, 5) is 44.6. The lowest BCUT2D eigenvalue weighted by atomic mass is 9.64. The highest BCUT2D eigenvalue weighted by Gasteiger charge is 2.60. The van der Waals surface area contributed by atoms with Crippen LogP contribution in [0.4, 0.5) is 4.39 Å². The number of nitrogens with one attached hydrogen (secondary N) is 2. The van der Waals surface area contributed by atoms with Crippen LogP contribution in [0.1, 0.15) is 96.8 Å². The van der Waals surface area contributed by atoms with E-state index in [4.69, 9.17) is 9.47 Å². The molecule has 0 aromatic rings. The number of Topliss-reactive ketones (excluding diaryl/α,β-unsaturated/α-hetero) is 1. The number of ketones is 1. The van der Waals surface area contributed by atoms with E-state index in [0.717, 1.165) is 57.9 Å². The van der Waals surface area contributed by atoms with Crippen LogP contribution in [0.25, 0.3) is 0 Å². The number of likely N-dealkylation sites (tertiary alicyclic amines) is 1. The molecule has 9 nitrogen and oxygen atoms in total. The van der Waals surface area contributed by atoms with Crippen molar-refractivity contribution in [2.75, 3.05) is 26.7 Å². The monoisotopic (exact) mass is 642 g/mol. The normalized spacial score (nSPS) is 42.4. The molecule has 256 valence electrons. The van der Waals surface area contributed by atoms with E-state index in [1.165, 1.54) is 32.1 Å². The molecule has 7 aliphatic rings. The van der Waals surface area contributed by atoms with Crippen molar-refractivity contribution in [3.8, 4) is 0 Å². The highest BCUT2D eigenvalue weighted by Crippen LogP contribution is 2.50. The third-order valence-electron chi connectivity index (χ3n) is 12.9. The zero-order valence-corrected chi connectivity index (χ0v) is 27.8. The van der Waals surface area contributed by atoms with Crippen LogP contribution in [-0.2, 0) is 23.9 Å². The van der Waals surface area contributed by atoms with Gasteiger partial charge in [0.05, 0.1) is 48.4 Å². The fourth-order valence-corrected chi connectivity index (χ4v) is 10.5. The summed E-state index contributed by atoms with van der Waals surface area (Å²) in [5, 5.41) is 6.71. The second-order valence-electron chi connectivity index (χ2n) is 15.5. The number of ether oxygens (including phenoxy) is 2. The van der Waals surface area contributed by atoms with E-state index in [2.05, 4.69) is 27.5 Å². The number of fused-ring (bicyclic) bond motifs is 3. The van der Waals surface area contributed by atoms with Crippen LogP contribution in [0.15, 0.2) is 11.8 Å². The molecular formula is C36H55FN4O5. The van der Waals surface area contributed by atoms with Crippen molar-refractivity contribution < 1.29 is 28.2 Å². The number of hydrogen-bond donors (Lipinski definition) is 2. The maximum Gasteiger partial charge on any atom is 0.308 e. The quantitative estimate of drug-likeness (QED) is 0.304. The first-order valence-corrected chi connectivity index (χ1v) is 18.6. The molecule has 1 amide bonds. The molecule has 4 saturated carbocycles. The molecule has 0 aromatic carbocycles. The molecular weight excluding hydrogens is 587 g/mol. The Kier molecular flexibility index (Phi) is 9.77. The minimum atomic E-state index is -1.26. The minimum Gasteiger partial charge on any atom is -0.466 e. The summed E-state index contributed by atoms with van der Waals surface area (Å²) < 4.78 is 28.6. The number of morpholine rings is 1. The number of amides is 1. The number of halogens is 1. The maximum atomic E-state index is 16.4. The summed E-state index contributed by atoms with van der Waals surface area (Å²) in [5.41, 5.74) is 0.196. The first-order valence-electron chi connectivity index (χ1n) is 18.6. The van der Waals surface area contributed by atoms with Gasteiger partial charge in [-0.15, -0.1) is 0 Å². The van der Waals surface area contributed by atoms with Crippen molar-refractivity contribution in [3.05, 3.63) is 11.8 Å². The molecule has 10 unspecified atom stereocenters. The van der Waals surface area contributed by atoms with E-state index < -0.39 is 24.2 Å². The van der Waals surface area contributed by atoms with Crippen molar-refractivity contribution >= 4 is 17.7 Å². The predicted octanol–water partition coefficient (Wildman–Crippen LogP) is 3.90. The average molecular weight is 643 g/mol. The molecule has 0 aromatic heterocycles. The Morgan fingerprint density at radius 1 is 1.02 bits per heavy atom. The van der Waals surface area contributed by atoms with Crippen molar-refractivity contribution in [2.24, 2.45) is 23.7 Å². The van der Waals surface area contributed by atoms with Crippen LogP contribution in [0.3, 0.4) is 0 Å². The fraction of sp³-hybridized carbons (Fsp3) is 0.861. The number of carbonyl (C=O) groups is 3. The van der Waals surface area contributed by atoms with Gasteiger partial charge in [-0.2, -0.15) is 0 Å². The van der Waals surface area contributed by atoms with Gasteiger partial charge in [-0.3, -0.25) is 14.4 Å². The summed E-state index contributed by atoms with van der Waals surface area (Å²) in [7, 11) is 2.13. The van der Waals surface area contributed by atoms with Gasteiger partial charge in [0.1, 0.15) is 6.17 Å². The maximum absolute atomic E-state index is 16.4. The van der Waals surface area contributed by atoms with E-state index in [1.807, 2.05) is 13.1 Å². The van der Waals surface area contributed by atoms with Gasteiger partial charge in [-0.05, 0) is 96.6 Å². The zero-order chi connectivity index (χ0) is 31.9. The first-order chi connectivity index (χ1) is 22.3. The summed E-state index contributed by atoms with van der Waals surface area (Å²) in [6.07, 6.45) is 13.3. The molecule has 0 bridgehead atoms. The first kappa shape index (κ1) is 32.5. The smallest absolute Gasteiger partial charge is 0.308 e. The zero-order valence-electron chi connectivity index (χ0n) is 27.8. The molecule has 0 radical (unpaired) electrons. The Balaban J connectivity index is 1.10. The summed E-state index contributed by atoms with van der Waals surface area (Å²) in [6, 6.07) is -0.161. The Morgan fingerprint density at radius 3 is 2.50 bits per heavy atom. The van der Waals surface area contributed by atoms with E-state index >= 15 is 4.39 Å². The number of hydrogen-bond acceptors (Lipinski definition) is 8. The lowest BCUT2D eigenvalue weighted by Gasteiger charge is -2.61. The fourth-order valence-electron chi connectivity index (χ4n) is 10.5. The minimum absolute atomic E-state index is 0.0398. The van der Waals surface area contributed by atoms with Gasteiger partial charge in [0.2, 0.25) is 0 Å². The van der Waals surface area contributed by atoms with Crippen molar-refractivity contribution in [1.82, 2.24) is 20.4 Å². The molecule has 10 heteroatoms. The second kappa shape index (κ2) is 13.8. The van der Waals surface area contributed by atoms with Gasteiger partial charge in [0.25, 0.3) is 5.91 Å². The molecule has 10 atom stereocenters. The molecule has 4 aliphatic carbocycles. The highest BCUT2D eigenvalue weighted by molar-refractivity contribution is 6.20. The highest BCUT2D eigenvalue weighted by atomic mass is 19.1. The van der Waals surface area contributed by atoms with Crippen LogP contribution >= 0.6 is 0 Å². The van der Waals surface area contributed by atoms with Gasteiger partial charge < -0.3 is 29.9 Å². The number of nitrogens with zero attached hydrogens (tertiary/aromatic N) is 2. The lowest BCUT2D eigenvalue weighted by Crippen LogP contribution is -2.74. The van der Waals surface area contributed by atoms with Gasteiger partial charge in [-0.1, -0.05) is 25.7 Å². The van der Waals surface area contributed by atoms with Crippen LogP contribution < -0.4 is 10.6 Å². The largest absolute Gasteiger partial charge is 0.466 e. The van der Waals surface area contributed by atoms with Gasteiger partial charge in [0.15, 0.2) is 5.78 Å². The lowest BCUT2D eigenvalue weighted by molar-refractivity contribution is -0.209. The second-order valence-corrected chi connectivity index (χ2v) is 15.5. The summed E-state index contributed by atoms with van der Waals surface area (Å²) in [5.74, 6) is -0.0966. The topological polar surface area (TPSA) is 100 Å². The van der Waals surface area contributed by atoms with Crippen molar-refractivity contribution in [2.45, 2.75) is 145 Å². The van der Waals surface area contributed by atoms with Crippen LogP contribution in [0, 0.1) is 23.7 Å². The molecule has 3 aliphatic heterocycles. The Morgan fingerprint density at radius 2 is 1.78 bits per heavy atom.